The van der Waals surface area contributed by atoms with Crippen molar-refractivity contribution in [2.45, 2.75) is 115 Å². The molecule has 1 aliphatic heterocycles. The van der Waals surface area contributed by atoms with Crippen LogP contribution in [0.15, 0.2) is 30.5 Å². The number of hydrogen-bond donors (Lipinski definition) is 2. The smallest absolute Gasteiger partial charge is 0.281 e. The summed E-state index contributed by atoms with van der Waals surface area (Å²) in [5.41, 5.74) is 2.25. The highest BCUT2D eigenvalue weighted by Crippen LogP contribution is 2.25. The van der Waals surface area contributed by atoms with E-state index in [0.29, 0.717) is 24.0 Å². The van der Waals surface area contributed by atoms with Crippen LogP contribution in [-0.4, -0.2) is 72.5 Å². The van der Waals surface area contributed by atoms with E-state index in [1.165, 1.54) is 69.6 Å². The van der Waals surface area contributed by atoms with Crippen molar-refractivity contribution in [2.75, 3.05) is 34.2 Å². The second-order valence-electron chi connectivity index (χ2n) is 12.6. The molecule has 2 amide bonds. The molecule has 0 saturated carbocycles. The molecule has 0 aliphatic carbocycles. The normalized spacial score (nSPS) is 16.6. The number of nitrogens with one attached hydrogen (secondary N) is 2. The van der Waals surface area contributed by atoms with Gasteiger partial charge in [-0.2, -0.15) is 0 Å². The number of likely N-dealkylation sites (tertiary alicyclic amines) is 1. The van der Waals surface area contributed by atoms with Gasteiger partial charge in [0.15, 0.2) is 6.04 Å². The first-order chi connectivity index (χ1) is 18.8. The van der Waals surface area contributed by atoms with Crippen LogP contribution < -0.4 is 5.32 Å². The van der Waals surface area contributed by atoms with Gasteiger partial charge in [-0.3, -0.25) is 9.59 Å². The summed E-state index contributed by atoms with van der Waals surface area (Å²) in [6.07, 6.45) is 20.0. The standard InChI is InChI=1S/C33H54N4O2/c1-5-6-7-8-9-10-11-12-13-14-15-18-23-34-32(38)30-22-19-24-36(30)33(39)31(37(2,3)4)25-27-26-35-29-21-17-16-20-28(27)29/h16-17,20-21,26,30-31,35H,5-15,18-19,22-25H2,1-4H3/p+1/t30-,31-/m0/s1. The topological polar surface area (TPSA) is 65.2 Å². The molecule has 1 aliphatic rings. The minimum absolute atomic E-state index is 0.0242. The molecule has 0 radical (unpaired) electrons. The van der Waals surface area contributed by atoms with E-state index >= 15 is 0 Å². The molecule has 1 aromatic heterocycles. The monoisotopic (exact) mass is 539 g/mol. The average Bonchev–Trinajstić information content (AvgIpc) is 3.56. The summed E-state index contributed by atoms with van der Waals surface area (Å²) in [6, 6.07) is 7.66. The Kier molecular flexibility index (Phi) is 12.8. The number of nitrogens with zero attached hydrogens (tertiary/aromatic N) is 2. The average molecular weight is 540 g/mol. The Balaban J connectivity index is 1.40. The molecule has 0 unspecified atom stereocenters. The van der Waals surface area contributed by atoms with Gasteiger partial charge in [-0.05, 0) is 30.9 Å². The van der Waals surface area contributed by atoms with Gasteiger partial charge in [-0.25, -0.2) is 0 Å². The van der Waals surface area contributed by atoms with E-state index in [9.17, 15) is 9.59 Å². The van der Waals surface area contributed by atoms with Crippen LogP contribution >= 0.6 is 0 Å². The lowest BCUT2D eigenvalue weighted by molar-refractivity contribution is -0.886. The van der Waals surface area contributed by atoms with Gasteiger partial charge in [0.25, 0.3) is 5.91 Å². The number of likely N-dealkylation sites (N-methyl/N-ethyl adjacent to an activating group) is 1. The number of aromatic amines is 1. The largest absolute Gasteiger partial charge is 0.361 e. The van der Waals surface area contributed by atoms with Gasteiger partial charge >= 0.3 is 0 Å². The summed E-state index contributed by atoms with van der Waals surface area (Å²) in [7, 11) is 6.24. The maximum absolute atomic E-state index is 13.9. The summed E-state index contributed by atoms with van der Waals surface area (Å²) in [5.74, 6) is 0.118. The minimum Gasteiger partial charge on any atom is -0.361 e. The van der Waals surface area contributed by atoms with Crippen molar-refractivity contribution in [1.29, 1.82) is 0 Å². The Morgan fingerprint density at radius 3 is 2.21 bits per heavy atom. The molecule has 0 spiro atoms. The first-order valence-corrected chi connectivity index (χ1v) is 15.8. The van der Waals surface area contributed by atoms with E-state index in [1.807, 2.05) is 23.2 Å². The molecular weight excluding hydrogens is 484 g/mol. The molecule has 2 aromatic rings. The number of amides is 2. The van der Waals surface area contributed by atoms with Crippen LogP contribution in [-0.2, 0) is 16.0 Å². The molecule has 6 heteroatoms. The Labute approximate surface area is 237 Å². The second-order valence-corrected chi connectivity index (χ2v) is 12.6. The van der Waals surface area contributed by atoms with Gasteiger partial charge in [0.1, 0.15) is 6.04 Å². The highest BCUT2D eigenvalue weighted by molar-refractivity contribution is 5.91. The zero-order valence-electron chi connectivity index (χ0n) is 25.3. The quantitative estimate of drug-likeness (QED) is 0.166. The first kappa shape index (κ1) is 31.2. The molecule has 3 rings (SSSR count). The Morgan fingerprint density at radius 1 is 0.949 bits per heavy atom. The number of quaternary nitrogens is 1. The fourth-order valence-electron chi connectivity index (χ4n) is 5.99. The third kappa shape index (κ3) is 9.66. The van der Waals surface area contributed by atoms with E-state index in [-0.39, 0.29) is 23.9 Å². The van der Waals surface area contributed by atoms with Crippen LogP contribution in [0, 0.1) is 0 Å². The lowest BCUT2D eigenvalue weighted by Crippen LogP contribution is -2.58. The summed E-state index contributed by atoms with van der Waals surface area (Å²) in [4.78, 5) is 32.2. The number of aromatic nitrogens is 1. The maximum atomic E-state index is 13.9. The van der Waals surface area contributed by atoms with Crippen LogP contribution in [0.4, 0.5) is 0 Å². The second kappa shape index (κ2) is 16.1. The molecule has 1 saturated heterocycles. The molecule has 218 valence electrons. The number of fused-ring (bicyclic) bond motifs is 1. The molecule has 1 fully saturated rings. The number of H-pyrrole nitrogens is 1. The van der Waals surface area contributed by atoms with Gasteiger partial charge in [0.05, 0.1) is 21.1 Å². The predicted molar refractivity (Wildman–Crippen MR) is 163 cm³/mol. The molecule has 39 heavy (non-hydrogen) atoms. The van der Waals surface area contributed by atoms with Crippen molar-refractivity contribution in [3.8, 4) is 0 Å². The van der Waals surface area contributed by atoms with Crippen LogP contribution in [0.25, 0.3) is 10.9 Å². The van der Waals surface area contributed by atoms with Gasteiger partial charge in [-0.15, -0.1) is 0 Å². The number of benzene rings is 1. The summed E-state index contributed by atoms with van der Waals surface area (Å²) >= 11 is 0. The fraction of sp³-hybridized carbons (Fsp3) is 0.697. The number of para-hydroxylation sites is 1. The van der Waals surface area contributed by atoms with E-state index in [2.05, 4.69) is 50.5 Å². The van der Waals surface area contributed by atoms with E-state index in [1.54, 1.807) is 0 Å². The summed E-state index contributed by atoms with van der Waals surface area (Å²) < 4.78 is 0.530. The Bertz CT molecular complexity index is 1010. The molecule has 2 atom stereocenters. The molecule has 2 N–H and O–H groups in total. The van der Waals surface area contributed by atoms with Crippen molar-refractivity contribution < 1.29 is 14.1 Å². The van der Waals surface area contributed by atoms with Gasteiger partial charge < -0.3 is 19.7 Å². The van der Waals surface area contributed by atoms with Crippen molar-refractivity contribution in [1.82, 2.24) is 15.2 Å². The van der Waals surface area contributed by atoms with Crippen LogP contribution in [0.5, 0.6) is 0 Å². The predicted octanol–water partition coefficient (Wildman–Crippen LogP) is 6.59. The lowest BCUT2D eigenvalue weighted by atomic mass is 10.0. The van der Waals surface area contributed by atoms with Crippen molar-refractivity contribution >= 4 is 22.7 Å². The summed E-state index contributed by atoms with van der Waals surface area (Å²) in [6.45, 7) is 3.65. The molecule has 1 aromatic carbocycles. The SMILES string of the molecule is CCCCCCCCCCCCCCNC(=O)[C@@H]1CCCN1C(=O)[C@H](Cc1c[nH]c2ccccc12)[N+](C)(C)C. The van der Waals surface area contributed by atoms with Gasteiger partial charge in [-0.1, -0.05) is 95.8 Å². The third-order valence-corrected chi connectivity index (χ3v) is 8.48. The first-order valence-electron chi connectivity index (χ1n) is 15.8. The molecular formula is C33H55N4O2+. The number of unbranched alkanes of at least 4 members (excludes halogenated alkanes) is 11. The minimum atomic E-state index is -0.341. The van der Waals surface area contributed by atoms with Crippen molar-refractivity contribution in [3.05, 3.63) is 36.0 Å². The Morgan fingerprint density at radius 2 is 1.56 bits per heavy atom. The van der Waals surface area contributed by atoms with E-state index in [0.717, 1.165) is 36.8 Å². The molecule has 6 nitrogen and oxygen atoms in total. The number of hydrogen-bond acceptors (Lipinski definition) is 2. The number of carbonyl (C=O) groups excluding carboxylic acids is 2. The summed E-state index contributed by atoms with van der Waals surface area (Å²) in [5, 5.41) is 4.32. The van der Waals surface area contributed by atoms with Gasteiger partial charge in [0, 0.05) is 36.6 Å². The molecule has 0 bridgehead atoms. The van der Waals surface area contributed by atoms with E-state index in [4.69, 9.17) is 0 Å². The van der Waals surface area contributed by atoms with Crippen LogP contribution in [0.2, 0.25) is 0 Å². The number of carbonyl (C=O) groups is 2. The highest BCUT2D eigenvalue weighted by Gasteiger charge is 2.42. The van der Waals surface area contributed by atoms with Crippen LogP contribution in [0.1, 0.15) is 102 Å². The maximum Gasteiger partial charge on any atom is 0.281 e. The Hall–Kier alpha value is -2.34. The fourth-order valence-corrected chi connectivity index (χ4v) is 5.99. The van der Waals surface area contributed by atoms with Crippen molar-refractivity contribution in [2.24, 2.45) is 0 Å². The number of rotatable bonds is 18. The highest BCUT2D eigenvalue weighted by atomic mass is 16.2. The van der Waals surface area contributed by atoms with Crippen LogP contribution in [0.3, 0.4) is 0 Å². The molecule has 2 heterocycles. The van der Waals surface area contributed by atoms with Gasteiger partial charge in [0.2, 0.25) is 5.91 Å². The zero-order chi connectivity index (χ0) is 28.1. The van der Waals surface area contributed by atoms with Crippen molar-refractivity contribution in [3.63, 3.8) is 0 Å². The van der Waals surface area contributed by atoms with E-state index < -0.39 is 0 Å². The lowest BCUT2D eigenvalue weighted by Gasteiger charge is -2.36. The zero-order valence-corrected chi connectivity index (χ0v) is 25.3. The third-order valence-electron chi connectivity index (χ3n) is 8.48.